The van der Waals surface area contributed by atoms with E-state index in [4.69, 9.17) is 10.7 Å². The van der Waals surface area contributed by atoms with Crippen LogP contribution < -0.4 is 11.1 Å². The molecule has 0 aliphatic carbocycles. The molecule has 30 heavy (non-hydrogen) atoms. The molecule has 3 N–H and O–H groups in total. The number of nitrogen functional groups attached to an aromatic ring is 1. The molecule has 150 valence electrons. The summed E-state index contributed by atoms with van der Waals surface area (Å²) in [7, 11) is 0. The first-order valence-corrected chi connectivity index (χ1v) is 9.81. The number of aromatic nitrogens is 3. The number of anilines is 2. The van der Waals surface area contributed by atoms with Crippen LogP contribution >= 0.6 is 0 Å². The van der Waals surface area contributed by atoms with Gasteiger partial charge in [-0.05, 0) is 60.4 Å². The Kier molecular flexibility index (Phi) is 5.94. The molecule has 0 radical (unpaired) electrons. The summed E-state index contributed by atoms with van der Waals surface area (Å²) in [5.74, 6) is 0.281. The summed E-state index contributed by atoms with van der Waals surface area (Å²) < 4.78 is 13.4. The molecule has 0 aliphatic rings. The topological polar surface area (TPSA) is 76.7 Å². The van der Waals surface area contributed by atoms with Gasteiger partial charge in [0.15, 0.2) is 0 Å². The highest BCUT2D eigenvalue weighted by Crippen LogP contribution is 2.30. The van der Waals surface area contributed by atoms with E-state index in [2.05, 4.69) is 21.4 Å². The summed E-state index contributed by atoms with van der Waals surface area (Å²) in [4.78, 5) is 13.3. The standard InChI is InChI=1S/C24H22FN5/c25-20-8-6-18(7-9-20)22-16-29-24(30-23(22)19-10-13-27-14-11-19)28-12-2-4-17-3-1-5-21(26)15-17/h1,3,5-11,13-16H,2,4,12,26H2,(H,28,29,30). The molecule has 0 aliphatic heterocycles. The van der Waals surface area contributed by atoms with Crippen molar-refractivity contribution in [1.82, 2.24) is 15.0 Å². The number of halogens is 1. The van der Waals surface area contributed by atoms with E-state index in [1.807, 2.05) is 30.3 Å². The van der Waals surface area contributed by atoms with E-state index in [1.165, 1.54) is 17.7 Å². The normalized spacial score (nSPS) is 10.7. The average molecular weight is 399 g/mol. The summed E-state index contributed by atoms with van der Waals surface area (Å²) in [5.41, 5.74) is 11.2. The highest BCUT2D eigenvalue weighted by molar-refractivity contribution is 5.80. The number of rotatable bonds is 7. The first-order valence-electron chi connectivity index (χ1n) is 9.81. The molecule has 6 heteroatoms. The molecule has 0 atom stereocenters. The molecule has 0 fully saturated rings. The van der Waals surface area contributed by atoms with Crippen molar-refractivity contribution in [3.05, 3.63) is 90.6 Å². The van der Waals surface area contributed by atoms with Gasteiger partial charge in [-0.1, -0.05) is 24.3 Å². The molecule has 4 aromatic rings. The van der Waals surface area contributed by atoms with Crippen LogP contribution in [0.2, 0.25) is 0 Å². The van der Waals surface area contributed by atoms with Gasteiger partial charge in [0.2, 0.25) is 5.95 Å². The van der Waals surface area contributed by atoms with E-state index < -0.39 is 0 Å². The number of pyridine rings is 1. The number of benzene rings is 2. The zero-order chi connectivity index (χ0) is 20.8. The largest absolute Gasteiger partial charge is 0.399 e. The highest BCUT2D eigenvalue weighted by Gasteiger charge is 2.12. The number of nitrogens with zero attached hydrogens (tertiary/aromatic N) is 3. The van der Waals surface area contributed by atoms with Gasteiger partial charge in [-0.2, -0.15) is 0 Å². The van der Waals surface area contributed by atoms with Crippen molar-refractivity contribution < 1.29 is 4.39 Å². The second kappa shape index (κ2) is 9.13. The molecule has 0 spiro atoms. The third kappa shape index (κ3) is 4.78. The van der Waals surface area contributed by atoms with Gasteiger partial charge in [-0.15, -0.1) is 0 Å². The lowest BCUT2D eigenvalue weighted by Gasteiger charge is -2.12. The minimum Gasteiger partial charge on any atom is -0.399 e. The molecule has 0 unspecified atom stereocenters. The number of nitrogens with two attached hydrogens (primary N) is 1. The van der Waals surface area contributed by atoms with Gasteiger partial charge in [-0.3, -0.25) is 4.98 Å². The molecule has 5 nitrogen and oxygen atoms in total. The summed E-state index contributed by atoms with van der Waals surface area (Å²) in [5, 5.41) is 3.30. The average Bonchev–Trinajstić information content (AvgIpc) is 2.78. The fourth-order valence-electron chi connectivity index (χ4n) is 3.28. The molecule has 0 bridgehead atoms. The Balaban J connectivity index is 1.52. The summed E-state index contributed by atoms with van der Waals surface area (Å²) in [6.07, 6.45) is 7.07. The van der Waals surface area contributed by atoms with Crippen molar-refractivity contribution in [1.29, 1.82) is 0 Å². The molecule has 2 aromatic carbocycles. The predicted molar refractivity (Wildman–Crippen MR) is 118 cm³/mol. The van der Waals surface area contributed by atoms with Crippen LogP contribution in [0.15, 0.2) is 79.3 Å². The van der Waals surface area contributed by atoms with Crippen molar-refractivity contribution in [3.63, 3.8) is 0 Å². The van der Waals surface area contributed by atoms with Crippen LogP contribution in [-0.2, 0) is 6.42 Å². The van der Waals surface area contributed by atoms with Gasteiger partial charge in [0.25, 0.3) is 0 Å². The highest BCUT2D eigenvalue weighted by atomic mass is 19.1. The lowest BCUT2D eigenvalue weighted by atomic mass is 10.0. The zero-order valence-corrected chi connectivity index (χ0v) is 16.4. The third-order valence-electron chi connectivity index (χ3n) is 4.77. The Morgan fingerprint density at radius 3 is 2.50 bits per heavy atom. The Labute approximate surface area is 174 Å². The monoisotopic (exact) mass is 399 g/mol. The lowest BCUT2D eigenvalue weighted by molar-refractivity contribution is 0.628. The maximum Gasteiger partial charge on any atom is 0.223 e. The maximum absolute atomic E-state index is 13.4. The van der Waals surface area contributed by atoms with Crippen LogP contribution in [0.5, 0.6) is 0 Å². The first-order chi connectivity index (χ1) is 14.7. The second-order valence-electron chi connectivity index (χ2n) is 6.97. The van der Waals surface area contributed by atoms with Crippen LogP contribution in [-0.4, -0.2) is 21.5 Å². The number of nitrogens with one attached hydrogen (secondary N) is 1. The van der Waals surface area contributed by atoms with E-state index in [1.54, 1.807) is 30.7 Å². The number of aryl methyl sites for hydroxylation is 1. The van der Waals surface area contributed by atoms with Crippen LogP contribution in [0.3, 0.4) is 0 Å². The van der Waals surface area contributed by atoms with Crippen molar-refractivity contribution in [2.24, 2.45) is 0 Å². The van der Waals surface area contributed by atoms with Gasteiger partial charge < -0.3 is 11.1 Å². The molecule has 2 aromatic heterocycles. The Morgan fingerprint density at radius 2 is 1.73 bits per heavy atom. The molecule has 2 heterocycles. The predicted octanol–water partition coefficient (Wildman–Crippen LogP) is 4.97. The maximum atomic E-state index is 13.4. The van der Waals surface area contributed by atoms with E-state index >= 15 is 0 Å². The molecule has 0 saturated heterocycles. The summed E-state index contributed by atoms with van der Waals surface area (Å²) in [6.45, 7) is 0.737. The quantitative estimate of drug-likeness (QED) is 0.339. The smallest absolute Gasteiger partial charge is 0.223 e. The molecule has 0 amide bonds. The van der Waals surface area contributed by atoms with Crippen LogP contribution in [0, 0.1) is 5.82 Å². The van der Waals surface area contributed by atoms with Crippen LogP contribution in [0.1, 0.15) is 12.0 Å². The third-order valence-corrected chi connectivity index (χ3v) is 4.77. The van der Waals surface area contributed by atoms with Gasteiger partial charge in [0.1, 0.15) is 5.82 Å². The molecule has 0 saturated carbocycles. The van der Waals surface area contributed by atoms with Crippen molar-refractivity contribution in [3.8, 4) is 22.4 Å². The summed E-state index contributed by atoms with van der Waals surface area (Å²) in [6, 6.07) is 18.1. The minimum absolute atomic E-state index is 0.274. The van der Waals surface area contributed by atoms with Crippen molar-refractivity contribution in [2.45, 2.75) is 12.8 Å². The Hall–Kier alpha value is -3.80. The number of hydrogen-bond donors (Lipinski definition) is 2. The van der Waals surface area contributed by atoms with Gasteiger partial charge in [-0.25, -0.2) is 14.4 Å². The van der Waals surface area contributed by atoms with Gasteiger partial charge in [0.05, 0.1) is 5.69 Å². The molecular formula is C24H22FN5. The zero-order valence-electron chi connectivity index (χ0n) is 16.4. The first kappa shape index (κ1) is 19.5. The van der Waals surface area contributed by atoms with E-state index in [9.17, 15) is 4.39 Å². The minimum atomic E-state index is -0.274. The second-order valence-corrected chi connectivity index (χ2v) is 6.97. The van der Waals surface area contributed by atoms with Gasteiger partial charge >= 0.3 is 0 Å². The van der Waals surface area contributed by atoms with Gasteiger partial charge in [0, 0.05) is 41.9 Å². The molecular weight excluding hydrogens is 377 g/mol. The number of hydrogen-bond acceptors (Lipinski definition) is 5. The van der Waals surface area contributed by atoms with E-state index in [-0.39, 0.29) is 5.82 Å². The van der Waals surface area contributed by atoms with Crippen LogP contribution in [0.4, 0.5) is 16.0 Å². The Bertz CT molecular complexity index is 1110. The van der Waals surface area contributed by atoms with Crippen molar-refractivity contribution in [2.75, 3.05) is 17.6 Å². The van der Waals surface area contributed by atoms with E-state index in [0.717, 1.165) is 47.5 Å². The lowest BCUT2D eigenvalue weighted by Crippen LogP contribution is -2.07. The summed E-state index contributed by atoms with van der Waals surface area (Å²) >= 11 is 0. The van der Waals surface area contributed by atoms with E-state index in [0.29, 0.717) is 5.95 Å². The molecule has 4 rings (SSSR count). The van der Waals surface area contributed by atoms with Crippen LogP contribution in [0.25, 0.3) is 22.4 Å². The fraction of sp³-hybridized carbons (Fsp3) is 0.125. The Morgan fingerprint density at radius 1 is 0.933 bits per heavy atom. The SMILES string of the molecule is Nc1cccc(CCCNc2ncc(-c3ccc(F)cc3)c(-c3ccncc3)n2)c1. The fourth-order valence-corrected chi connectivity index (χ4v) is 3.28. The van der Waals surface area contributed by atoms with Crippen molar-refractivity contribution >= 4 is 11.6 Å².